The van der Waals surface area contributed by atoms with Crippen molar-refractivity contribution < 1.29 is 36.2 Å². The van der Waals surface area contributed by atoms with Gasteiger partial charge in [-0.1, -0.05) is 0 Å². The molecule has 188 valence electrons. The highest BCUT2D eigenvalue weighted by Gasteiger charge is 2.46. The van der Waals surface area contributed by atoms with E-state index < -0.39 is 40.6 Å². The molecule has 6 nitrogen and oxygen atoms in total. The van der Waals surface area contributed by atoms with Crippen molar-refractivity contribution in [1.82, 2.24) is 9.97 Å². The molecule has 1 aliphatic rings. The predicted molar refractivity (Wildman–Crippen MR) is 119 cm³/mol. The van der Waals surface area contributed by atoms with E-state index in [0.29, 0.717) is 34.8 Å². The molecule has 1 aromatic heterocycles. The molecule has 1 atom stereocenters. The first-order valence-corrected chi connectivity index (χ1v) is 10.8. The van der Waals surface area contributed by atoms with Crippen LogP contribution in [0.5, 0.6) is 11.5 Å². The molecule has 0 spiro atoms. The number of hydrogen-bond acceptors (Lipinski definition) is 6. The lowest BCUT2D eigenvalue weighted by Gasteiger charge is -2.22. The van der Waals surface area contributed by atoms with Gasteiger partial charge in [0.2, 0.25) is 0 Å². The van der Waals surface area contributed by atoms with Gasteiger partial charge in [0.25, 0.3) is 0 Å². The lowest BCUT2D eigenvalue weighted by Crippen LogP contribution is -2.24. The number of aryl methyl sites for hydroxylation is 1. The van der Waals surface area contributed by atoms with Gasteiger partial charge in [-0.05, 0) is 44.9 Å². The van der Waals surface area contributed by atoms with Crippen LogP contribution >= 0.6 is 0 Å². The second-order valence-corrected chi connectivity index (χ2v) is 8.58. The van der Waals surface area contributed by atoms with E-state index in [4.69, 9.17) is 14.2 Å². The Labute approximate surface area is 198 Å². The smallest absolute Gasteiger partial charge is 0.419 e. The molecule has 35 heavy (non-hydrogen) atoms. The molecule has 11 heteroatoms. The first kappa shape index (κ1) is 24.9. The number of fused-ring (bicyclic) bond motifs is 1. The molecule has 0 unspecified atom stereocenters. The van der Waals surface area contributed by atoms with Crippen LogP contribution in [0.3, 0.4) is 0 Å². The van der Waals surface area contributed by atoms with E-state index >= 15 is 0 Å². The van der Waals surface area contributed by atoms with Crippen molar-refractivity contribution in [2.45, 2.75) is 44.5 Å². The van der Waals surface area contributed by atoms with Crippen LogP contribution in [0.2, 0.25) is 0 Å². The molecule has 2 aromatic carbocycles. The summed E-state index contributed by atoms with van der Waals surface area (Å²) in [5.41, 5.74) is -2.15. The molecule has 1 fully saturated rings. The number of ether oxygens (including phenoxy) is 3. The highest BCUT2D eigenvalue weighted by molar-refractivity contribution is 5.92. The maximum absolute atomic E-state index is 14.7. The van der Waals surface area contributed by atoms with E-state index in [9.17, 15) is 22.0 Å². The molecule has 4 rings (SSSR count). The topological polar surface area (TPSA) is 65.5 Å². The summed E-state index contributed by atoms with van der Waals surface area (Å²) in [6, 6.07) is 3.13. The number of benzene rings is 2. The van der Waals surface area contributed by atoms with Gasteiger partial charge in [-0.2, -0.15) is 13.2 Å². The number of nitrogens with zero attached hydrogens (tertiary/aromatic N) is 2. The fourth-order valence-corrected chi connectivity index (χ4v) is 3.93. The van der Waals surface area contributed by atoms with Gasteiger partial charge in [-0.25, -0.2) is 18.7 Å². The maximum Gasteiger partial charge on any atom is 0.419 e. The zero-order valence-electron chi connectivity index (χ0n) is 19.5. The Balaban J connectivity index is 1.75. The summed E-state index contributed by atoms with van der Waals surface area (Å²) < 4.78 is 85.1. The van der Waals surface area contributed by atoms with Crippen molar-refractivity contribution in [3.8, 4) is 11.5 Å². The van der Waals surface area contributed by atoms with Crippen LogP contribution in [0.15, 0.2) is 24.3 Å². The normalized spacial score (nSPS) is 15.7. The second-order valence-electron chi connectivity index (χ2n) is 8.58. The lowest BCUT2D eigenvalue weighted by molar-refractivity contribution is -0.140. The Morgan fingerprint density at radius 3 is 2.37 bits per heavy atom. The van der Waals surface area contributed by atoms with E-state index in [-0.39, 0.29) is 11.9 Å². The van der Waals surface area contributed by atoms with Crippen LogP contribution in [0.4, 0.5) is 27.8 Å². The van der Waals surface area contributed by atoms with E-state index in [1.165, 1.54) is 14.0 Å². The van der Waals surface area contributed by atoms with Gasteiger partial charge in [-0.3, -0.25) is 0 Å². The number of hydrogen-bond donors (Lipinski definition) is 1. The van der Waals surface area contributed by atoms with Gasteiger partial charge in [-0.15, -0.1) is 0 Å². The number of rotatable bonds is 8. The summed E-state index contributed by atoms with van der Waals surface area (Å²) in [6.07, 6.45) is -3.44. The quantitative estimate of drug-likeness (QED) is 0.387. The molecular weight excluding hydrogens is 473 g/mol. The Kier molecular flexibility index (Phi) is 6.48. The van der Waals surface area contributed by atoms with Crippen molar-refractivity contribution in [3.05, 3.63) is 52.9 Å². The summed E-state index contributed by atoms with van der Waals surface area (Å²) >= 11 is 0. The molecule has 3 aromatic rings. The molecule has 1 aliphatic carbocycles. The molecule has 1 saturated carbocycles. The molecule has 1 N–H and O–H groups in total. The molecule has 0 aliphatic heterocycles. The van der Waals surface area contributed by atoms with E-state index in [1.807, 2.05) is 0 Å². The molecule has 0 radical (unpaired) electrons. The van der Waals surface area contributed by atoms with Crippen LogP contribution in [-0.2, 0) is 10.9 Å². The molecule has 0 bridgehead atoms. The minimum atomic E-state index is -5.04. The fourth-order valence-electron chi connectivity index (χ4n) is 3.93. The second kappa shape index (κ2) is 9.10. The third-order valence-electron chi connectivity index (χ3n) is 5.83. The summed E-state index contributed by atoms with van der Waals surface area (Å²) in [5, 5.41) is 3.38. The number of aromatic nitrogens is 2. The van der Waals surface area contributed by atoms with Crippen molar-refractivity contribution >= 4 is 16.7 Å². The molecular formula is C24H24F5N3O3. The van der Waals surface area contributed by atoms with Crippen LogP contribution in [0, 0.1) is 18.6 Å². The molecule has 0 saturated heterocycles. The fraction of sp³-hybridized carbons (Fsp3) is 0.417. The van der Waals surface area contributed by atoms with Gasteiger partial charge in [0.05, 0.1) is 30.8 Å². The van der Waals surface area contributed by atoms with Gasteiger partial charge in [0.1, 0.15) is 28.9 Å². The summed E-state index contributed by atoms with van der Waals surface area (Å²) in [6.45, 7) is 3.44. The standard InChI is InChI=1S/C24H24F5N3O3/c1-12(15-7-14(25)8-17(21(15)26)24(27,28)29)30-22-16-9-20(35-23(5-6-23)11-33-3)19(34-4)10-18(16)31-13(2)32-22/h7-10,12H,5-6,11H2,1-4H3,(H,30,31,32)/t12-/m1/s1. The van der Waals surface area contributed by atoms with Gasteiger partial charge < -0.3 is 19.5 Å². The average Bonchev–Trinajstić information content (AvgIpc) is 3.53. The van der Waals surface area contributed by atoms with Crippen molar-refractivity contribution in [1.29, 1.82) is 0 Å². The Morgan fingerprint density at radius 2 is 1.77 bits per heavy atom. The minimum Gasteiger partial charge on any atom is -0.493 e. The zero-order valence-corrected chi connectivity index (χ0v) is 19.5. The average molecular weight is 497 g/mol. The number of nitrogens with one attached hydrogen (secondary N) is 1. The number of halogens is 5. The minimum absolute atomic E-state index is 0.138. The van der Waals surface area contributed by atoms with Crippen LogP contribution in [-0.4, -0.2) is 36.4 Å². The first-order chi connectivity index (χ1) is 16.5. The SMILES string of the molecule is COCC1(Oc2cc3c(N[C@H](C)c4cc(F)cc(C(F)(F)F)c4F)nc(C)nc3cc2OC)CC1. The zero-order chi connectivity index (χ0) is 25.5. The Bertz CT molecular complexity index is 1260. The Hall–Kier alpha value is -3.21. The maximum atomic E-state index is 14.7. The van der Waals surface area contributed by atoms with Crippen LogP contribution in [0.25, 0.3) is 10.9 Å². The Morgan fingerprint density at radius 1 is 1.06 bits per heavy atom. The first-order valence-electron chi connectivity index (χ1n) is 10.8. The summed E-state index contributed by atoms with van der Waals surface area (Å²) in [4.78, 5) is 8.75. The predicted octanol–water partition coefficient (Wildman–Crippen LogP) is 5.97. The van der Waals surface area contributed by atoms with Crippen molar-refractivity contribution in [2.75, 3.05) is 26.1 Å². The summed E-state index contributed by atoms with van der Waals surface area (Å²) in [5.74, 6) is -1.32. The van der Waals surface area contributed by atoms with Crippen LogP contribution < -0.4 is 14.8 Å². The van der Waals surface area contributed by atoms with E-state index in [0.717, 1.165) is 18.9 Å². The third-order valence-corrected chi connectivity index (χ3v) is 5.83. The molecule has 0 amide bonds. The van der Waals surface area contributed by atoms with Gasteiger partial charge in [0, 0.05) is 24.1 Å². The number of anilines is 1. The van der Waals surface area contributed by atoms with Crippen molar-refractivity contribution in [2.24, 2.45) is 0 Å². The lowest BCUT2D eigenvalue weighted by atomic mass is 10.0. The highest BCUT2D eigenvalue weighted by atomic mass is 19.4. The number of methoxy groups -OCH3 is 2. The third kappa shape index (κ3) is 5.09. The van der Waals surface area contributed by atoms with Gasteiger partial charge in [0.15, 0.2) is 11.5 Å². The van der Waals surface area contributed by atoms with E-state index in [1.54, 1.807) is 26.2 Å². The van der Waals surface area contributed by atoms with Gasteiger partial charge >= 0.3 is 6.18 Å². The van der Waals surface area contributed by atoms with Crippen molar-refractivity contribution in [3.63, 3.8) is 0 Å². The summed E-state index contributed by atoms with van der Waals surface area (Å²) in [7, 11) is 3.07. The van der Waals surface area contributed by atoms with E-state index in [2.05, 4.69) is 15.3 Å². The number of alkyl halides is 3. The molecule has 1 heterocycles. The monoisotopic (exact) mass is 497 g/mol. The van der Waals surface area contributed by atoms with Crippen LogP contribution in [0.1, 0.15) is 42.8 Å². The highest BCUT2D eigenvalue weighted by Crippen LogP contribution is 2.45. The largest absolute Gasteiger partial charge is 0.493 e.